The minimum atomic E-state index is -4.15. The third-order valence-electron chi connectivity index (χ3n) is 1.70. The SMILES string of the molecule is CCCC1=NC[C@H](CC(F)(F)F)O1. The highest BCUT2D eigenvalue weighted by molar-refractivity contribution is 5.77. The predicted octanol–water partition coefficient (Wildman–Crippen LogP) is 2.54. The highest BCUT2D eigenvalue weighted by atomic mass is 19.4. The highest BCUT2D eigenvalue weighted by Gasteiger charge is 2.35. The summed E-state index contributed by atoms with van der Waals surface area (Å²) in [5, 5.41) is 0. The molecular weight excluding hydrogens is 183 g/mol. The maximum absolute atomic E-state index is 11.9. The zero-order chi connectivity index (χ0) is 9.90. The molecule has 0 spiro atoms. The Morgan fingerprint density at radius 2 is 2.23 bits per heavy atom. The van der Waals surface area contributed by atoms with Crippen LogP contribution in [0.1, 0.15) is 26.2 Å². The average molecular weight is 195 g/mol. The molecule has 0 N–H and O–H groups in total. The largest absolute Gasteiger partial charge is 0.475 e. The minimum Gasteiger partial charge on any atom is -0.475 e. The van der Waals surface area contributed by atoms with Crippen molar-refractivity contribution in [1.29, 1.82) is 0 Å². The molecule has 76 valence electrons. The van der Waals surface area contributed by atoms with E-state index in [1.165, 1.54) is 0 Å². The molecule has 0 aromatic carbocycles. The van der Waals surface area contributed by atoms with Gasteiger partial charge in [-0.2, -0.15) is 13.2 Å². The standard InChI is InChI=1S/C8H12F3NO/c1-2-3-7-12-5-6(13-7)4-8(9,10)11/h6H,2-5H2,1H3/t6-/m0/s1. The molecule has 0 aromatic heterocycles. The molecule has 0 bridgehead atoms. The summed E-state index contributed by atoms with van der Waals surface area (Å²) in [6, 6.07) is 0. The Labute approximate surface area is 74.8 Å². The van der Waals surface area contributed by atoms with Crippen LogP contribution in [0.3, 0.4) is 0 Å². The van der Waals surface area contributed by atoms with E-state index in [2.05, 4.69) is 4.99 Å². The number of ether oxygens (including phenoxy) is 1. The summed E-state index contributed by atoms with van der Waals surface area (Å²) < 4.78 is 40.7. The van der Waals surface area contributed by atoms with Gasteiger partial charge in [-0.25, -0.2) is 0 Å². The summed E-state index contributed by atoms with van der Waals surface area (Å²) in [4.78, 5) is 3.89. The van der Waals surface area contributed by atoms with Crippen LogP contribution in [0.5, 0.6) is 0 Å². The van der Waals surface area contributed by atoms with Crippen LogP contribution in [0.25, 0.3) is 0 Å². The van der Waals surface area contributed by atoms with Gasteiger partial charge in [0.2, 0.25) is 0 Å². The van der Waals surface area contributed by atoms with Crippen molar-refractivity contribution in [2.24, 2.45) is 4.99 Å². The summed E-state index contributed by atoms with van der Waals surface area (Å²) in [5.41, 5.74) is 0. The van der Waals surface area contributed by atoms with Gasteiger partial charge in [0, 0.05) is 6.42 Å². The van der Waals surface area contributed by atoms with Crippen LogP contribution in [-0.2, 0) is 4.74 Å². The molecule has 0 saturated carbocycles. The van der Waals surface area contributed by atoms with Crippen LogP contribution < -0.4 is 0 Å². The molecule has 1 aliphatic rings. The van der Waals surface area contributed by atoms with Crippen LogP contribution in [0.15, 0.2) is 4.99 Å². The van der Waals surface area contributed by atoms with Gasteiger partial charge in [-0.3, -0.25) is 4.99 Å². The molecule has 1 heterocycles. The summed E-state index contributed by atoms with van der Waals surface area (Å²) in [6.07, 6.45) is -4.36. The zero-order valence-corrected chi connectivity index (χ0v) is 7.40. The third-order valence-corrected chi connectivity index (χ3v) is 1.70. The number of nitrogens with zero attached hydrogens (tertiary/aromatic N) is 1. The number of alkyl halides is 3. The predicted molar refractivity (Wildman–Crippen MR) is 42.8 cm³/mol. The third kappa shape index (κ3) is 3.65. The highest BCUT2D eigenvalue weighted by Crippen LogP contribution is 2.25. The van der Waals surface area contributed by atoms with E-state index >= 15 is 0 Å². The molecule has 1 rings (SSSR count). The maximum Gasteiger partial charge on any atom is 0.392 e. The van der Waals surface area contributed by atoms with Crippen LogP contribution in [0.4, 0.5) is 13.2 Å². The van der Waals surface area contributed by atoms with Crippen LogP contribution in [-0.4, -0.2) is 24.7 Å². The second-order valence-electron chi connectivity index (χ2n) is 3.04. The molecule has 5 heteroatoms. The molecule has 0 aliphatic carbocycles. The monoisotopic (exact) mass is 195 g/mol. The van der Waals surface area contributed by atoms with E-state index in [1.54, 1.807) is 0 Å². The van der Waals surface area contributed by atoms with Gasteiger partial charge in [0.25, 0.3) is 0 Å². The molecule has 0 aromatic rings. The van der Waals surface area contributed by atoms with Crippen molar-refractivity contribution in [2.75, 3.05) is 6.54 Å². The van der Waals surface area contributed by atoms with Crippen molar-refractivity contribution in [3.63, 3.8) is 0 Å². The number of rotatable bonds is 3. The Kier molecular flexibility index (Phi) is 3.17. The van der Waals surface area contributed by atoms with Crippen LogP contribution in [0.2, 0.25) is 0 Å². The summed E-state index contributed by atoms with van der Waals surface area (Å²) in [7, 11) is 0. The van der Waals surface area contributed by atoms with Gasteiger partial charge < -0.3 is 4.74 Å². The number of halogens is 3. The first kappa shape index (κ1) is 10.3. The summed E-state index contributed by atoms with van der Waals surface area (Å²) in [6.45, 7) is 2.08. The van der Waals surface area contributed by atoms with Gasteiger partial charge in [0.05, 0.1) is 13.0 Å². The molecule has 0 amide bonds. The summed E-state index contributed by atoms with van der Waals surface area (Å²) in [5.74, 6) is 0.469. The first-order valence-electron chi connectivity index (χ1n) is 4.28. The molecule has 0 radical (unpaired) electrons. The van der Waals surface area contributed by atoms with Crippen molar-refractivity contribution in [3.8, 4) is 0 Å². The van der Waals surface area contributed by atoms with Crippen molar-refractivity contribution < 1.29 is 17.9 Å². The molecule has 0 saturated heterocycles. The smallest absolute Gasteiger partial charge is 0.392 e. The number of hydrogen-bond donors (Lipinski definition) is 0. The van der Waals surface area contributed by atoms with Crippen molar-refractivity contribution in [1.82, 2.24) is 0 Å². The Balaban J connectivity index is 2.29. The van der Waals surface area contributed by atoms with E-state index in [0.29, 0.717) is 12.3 Å². The fourth-order valence-electron chi connectivity index (χ4n) is 1.19. The van der Waals surface area contributed by atoms with Crippen LogP contribution in [0, 0.1) is 0 Å². The van der Waals surface area contributed by atoms with E-state index in [9.17, 15) is 13.2 Å². The van der Waals surface area contributed by atoms with Gasteiger partial charge in [0.15, 0.2) is 5.90 Å². The molecule has 1 atom stereocenters. The lowest BCUT2D eigenvalue weighted by Crippen LogP contribution is -2.22. The van der Waals surface area contributed by atoms with Gasteiger partial charge in [-0.1, -0.05) is 6.92 Å². The first-order chi connectivity index (χ1) is 6.01. The number of aliphatic imine (C=N–C) groups is 1. The fourth-order valence-corrected chi connectivity index (χ4v) is 1.19. The van der Waals surface area contributed by atoms with E-state index in [0.717, 1.165) is 6.42 Å². The number of hydrogen-bond acceptors (Lipinski definition) is 2. The lowest BCUT2D eigenvalue weighted by atomic mass is 10.2. The zero-order valence-electron chi connectivity index (χ0n) is 7.40. The Morgan fingerprint density at radius 3 is 2.77 bits per heavy atom. The molecule has 0 unspecified atom stereocenters. The normalized spacial score (nSPS) is 22.8. The summed E-state index contributed by atoms with van der Waals surface area (Å²) >= 11 is 0. The fraction of sp³-hybridized carbons (Fsp3) is 0.875. The topological polar surface area (TPSA) is 21.6 Å². The average Bonchev–Trinajstić information content (AvgIpc) is 2.33. The van der Waals surface area contributed by atoms with Crippen molar-refractivity contribution >= 4 is 5.90 Å². The molecular formula is C8H12F3NO. The van der Waals surface area contributed by atoms with E-state index in [4.69, 9.17) is 4.74 Å². The lowest BCUT2D eigenvalue weighted by molar-refractivity contribution is -0.149. The first-order valence-corrected chi connectivity index (χ1v) is 4.28. The maximum atomic E-state index is 11.9. The van der Waals surface area contributed by atoms with Gasteiger partial charge in [-0.15, -0.1) is 0 Å². The van der Waals surface area contributed by atoms with E-state index in [-0.39, 0.29) is 6.54 Å². The second-order valence-corrected chi connectivity index (χ2v) is 3.04. The van der Waals surface area contributed by atoms with Gasteiger partial charge >= 0.3 is 6.18 Å². The Hall–Kier alpha value is -0.740. The van der Waals surface area contributed by atoms with Crippen molar-refractivity contribution in [3.05, 3.63) is 0 Å². The molecule has 2 nitrogen and oxygen atoms in total. The molecule has 1 aliphatic heterocycles. The molecule has 13 heavy (non-hydrogen) atoms. The Morgan fingerprint density at radius 1 is 1.54 bits per heavy atom. The van der Waals surface area contributed by atoms with Gasteiger partial charge in [0.1, 0.15) is 6.10 Å². The Bertz CT molecular complexity index is 200. The van der Waals surface area contributed by atoms with Gasteiger partial charge in [-0.05, 0) is 6.42 Å². The lowest BCUT2D eigenvalue weighted by Gasteiger charge is -2.12. The minimum absolute atomic E-state index is 0.148. The van der Waals surface area contributed by atoms with E-state index < -0.39 is 18.7 Å². The molecule has 0 fully saturated rings. The van der Waals surface area contributed by atoms with Crippen molar-refractivity contribution in [2.45, 2.75) is 38.5 Å². The second kappa shape index (κ2) is 3.98. The quantitative estimate of drug-likeness (QED) is 0.678. The van der Waals surface area contributed by atoms with Crippen LogP contribution >= 0.6 is 0 Å². The van der Waals surface area contributed by atoms with E-state index in [1.807, 2.05) is 6.92 Å².